The number of rotatable bonds is 1. The van der Waals surface area contributed by atoms with Crippen LogP contribution in [0.1, 0.15) is 6.42 Å². The summed E-state index contributed by atoms with van der Waals surface area (Å²) in [5.74, 6) is 0. The molecule has 1 rings (SSSR count). The van der Waals surface area contributed by atoms with Crippen LogP contribution in [-0.2, 0) is 4.74 Å². The summed E-state index contributed by atoms with van der Waals surface area (Å²) < 4.78 is 5.14. The van der Waals surface area contributed by atoms with Gasteiger partial charge in [-0.1, -0.05) is 0 Å². The zero-order valence-corrected chi connectivity index (χ0v) is 5.55. The van der Waals surface area contributed by atoms with Crippen molar-refractivity contribution in [3.05, 3.63) is 0 Å². The molecule has 0 bridgehead atoms. The van der Waals surface area contributed by atoms with Gasteiger partial charge in [-0.05, 0) is 13.5 Å². The van der Waals surface area contributed by atoms with Gasteiger partial charge in [-0.25, -0.2) is 0 Å². The number of nitrogens with zero attached hydrogens (tertiary/aromatic N) is 1. The Kier molecular flexibility index (Phi) is 1.86. The van der Waals surface area contributed by atoms with Gasteiger partial charge in [0.15, 0.2) is 0 Å². The second-order valence-corrected chi connectivity index (χ2v) is 2.41. The largest absolute Gasteiger partial charge is 0.380 e. The molecule has 48 valence electrons. The molecular weight excluding hydrogens is 102 g/mol. The van der Waals surface area contributed by atoms with Crippen molar-refractivity contribution in [3.8, 4) is 0 Å². The number of likely N-dealkylation sites (tertiary alicyclic amines) is 1. The maximum absolute atomic E-state index is 5.14. The first-order chi connectivity index (χ1) is 3.83. The molecular formula is C6H13NO. The van der Waals surface area contributed by atoms with E-state index in [2.05, 4.69) is 11.9 Å². The molecule has 0 aromatic rings. The first-order valence-electron chi connectivity index (χ1n) is 3.04. The molecule has 1 aliphatic rings. The molecule has 2 heteroatoms. The molecule has 0 N–H and O–H groups in total. The van der Waals surface area contributed by atoms with Gasteiger partial charge in [-0.2, -0.15) is 0 Å². The molecule has 2 nitrogen and oxygen atoms in total. The highest BCUT2D eigenvalue weighted by Gasteiger charge is 2.17. The Labute approximate surface area is 50.4 Å². The van der Waals surface area contributed by atoms with Gasteiger partial charge in [0, 0.05) is 20.2 Å². The van der Waals surface area contributed by atoms with E-state index in [1.54, 1.807) is 7.11 Å². The molecule has 0 spiro atoms. The highest BCUT2D eigenvalue weighted by Crippen LogP contribution is 2.07. The second kappa shape index (κ2) is 2.46. The fourth-order valence-corrected chi connectivity index (χ4v) is 1.09. The van der Waals surface area contributed by atoms with E-state index in [1.165, 1.54) is 13.0 Å². The van der Waals surface area contributed by atoms with Crippen molar-refractivity contribution in [2.75, 3.05) is 27.2 Å². The Morgan fingerprint density at radius 2 is 2.38 bits per heavy atom. The van der Waals surface area contributed by atoms with E-state index >= 15 is 0 Å². The monoisotopic (exact) mass is 115 g/mol. The predicted octanol–water partition coefficient (Wildman–Crippen LogP) is 0.337. The summed E-state index contributed by atoms with van der Waals surface area (Å²) in [5, 5.41) is 0. The van der Waals surface area contributed by atoms with E-state index in [0.717, 1.165) is 6.54 Å². The number of methoxy groups -OCH3 is 1. The lowest BCUT2D eigenvalue weighted by atomic mass is 10.3. The SMILES string of the molecule is CO[C@H]1CCN(C)C1. The molecule has 1 heterocycles. The Balaban J connectivity index is 2.22. The lowest BCUT2D eigenvalue weighted by Crippen LogP contribution is -2.17. The predicted molar refractivity (Wildman–Crippen MR) is 32.9 cm³/mol. The molecule has 1 aliphatic heterocycles. The van der Waals surface area contributed by atoms with Crippen LogP contribution in [0.2, 0.25) is 0 Å². The highest BCUT2D eigenvalue weighted by atomic mass is 16.5. The molecule has 1 fully saturated rings. The Morgan fingerprint density at radius 3 is 2.62 bits per heavy atom. The zero-order chi connectivity index (χ0) is 5.98. The van der Waals surface area contributed by atoms with Crippen LogP contribution in [0.4, 0.5) is 0 Å². The summed E-state index contributed by atoms with van der Waals surface area (Å²) >= 11 is 0. The molecule has 0 aromatic heterocycles. The quantitative estimate of drug-likeness (QED) is 0.488. The van der Waals surface area contributed by atoms with Crippen LogP contribution in [0.3, 0.4) is 0 Å². The third kappa shape index (κ3) is 1.20. The van der Waals surface area contributed by atoms with Crippen LogP contribution in [0, 0.1) is 0 Å². The minimum atomic E-state index is 0.500. The van der Waals surface area contributed by atoms with E-state index in [4.69, 9.17) is 4.74 Å². The second-order valence-electron chi connectivity index (χ2n) is 2.41. The first kappa shape index (κ1) is 6.05. The van der Waals surface area contributed by atoms with Gasteiger partial charge in [0.05, 0.1) is 6.10 Å². The third-order valence-corrected chi connectivity index (χ3v) is 1.68. The lowest BCUT2D eigenvalue weighted by molar-refractivity contribution is 0.111. The van der Waals surface area contributed by atoms with Crippen molar-refractivity contribution < 1.29 is 4.74 Å². The maximum atomic E-state index is 5.14. The Hall–Kier alpha value is -0.0800. The standard InChI is InChI=1S/C6H13NO/c1-7-4-3-6(5-7)8-2/h6H,3-5H2,1-2H3/t6-/m0/s1. The van der Waals surface area contributed by atoms with E-state index in [9.17, 15) is 0 Å². The van der Waals surface area contributed by atoms with Gasteiger partial charge >= 0.3 is 0 Å². The van der Waals surface area contributed by atoms with Crippen molar-refractivity contribution >= 4 is 0 Å². The summed E-state index contributed by atoms with van der Waals surface area (Å²) in [6, 6.07) is 0. The van der Waals surface area contributed by atoms with Gasteiger partial charge in [0.25, 0.3) is 0 Å². The minimum Gasteiger partial charge on any atom is -0.380 e. The van der Waals surface area contributed by atoms with Crippen LogP contribution in [0.5, 0.6) is 0 Å². The molecule has 0 aromatic carbocycles. The highest BCUT2D eigenvalue weighted by molar-refractivity contribution is 4.71. The fourth-order valence-electron chi connectivity index (χ4n) is 1.09. The molecule has 0 unspecified atom stereocenters. The maximum Gasteiger partial charge on any atom is 0.0710 e. The number of hydrogen-bond acceptors (Lipinski definition) is 2. The molecule has 0 aliphatic carbocycles. The van der Waals surface area contributed by atoms with Crippen molar-refractivity contribution in [3.63, 3.8) is 0 Å². The average molecular weight is 115 g/mol. The fraction of sp³-hybridized carbons (Fsp3) is 1.00. The average Bonchev–Trinajstić information content (AvgIpc) is 2.14. The normalized spacial score (nSPS) is 31.5. The van der Waals surface area contributed by atoms with Crippen molar-refractivity contribution in [1.82, 2.24) is 4.90 Å². The summed E-state index contributed by atoms with van der Waals surface area (Å²) in [6.07, 6.45) is 1.70. The van der Waals surface area contributed by atoms with E-state index in [0.29, 0.717) is 6.10 Å². The topological polar surface area (TPSA) is 12.5 Å². The Morgan fingerprint density at radius 1 is 1.62 bits per heavy atom. The van der Waals surface area contributed by atoms with E-state index in [1.807, 2.05) is 0 Å². The van der Waals surface area contributed by atoms with Crippen LogP contribution < -0.4 is 0 Å². The van der Waals surface area contributed by atoms with Crippen LogP contribution >= 0.6 is 0 Å². The summed E-state index contributed by atoms with van der Waals surface area (Å²) in [4.78, 5) is 2.29. The molecule has 0 radical (unpaired) electrons. The van der Waals surface area contributed by atoms with Crippen molar-refractivity contribution in [1.29, 1.82) is 0 Å². The first-order valence-corrected chi connectivity index (χ1v) is 3.04. The van der Waals surface area contributed by atoms with Gasteiger partial charge < -0.3 is 9.64 Å². The molecule has 0 amide bonds. The smallest absolute Gasteiger partial charge is 0.0710 e. The van der Waals surface area contributed by atoms with Crippen LogP contribution in [-0.4, -0.2) is 38.3 Å². The number of likely N-dealkylation sites (N-methyl/N-ethyl adjacent to an activating group) is 1. The molecule has 0 saturated carbocycles. The van der Waals surface area contributed by atoms with Crippen LogP contribution in [0.25, 0.3) is 0 Å². The van der Waals surface area contributed by atoms with Crippen LogP contribution in [0.15, 0.2) is 0 Å². The zero-order valence-electron chi connectivity index (χ0n) is 5.55. The van der Waals surface area contributed by atoms with Gasteiger partial charge in [0.1, 0.15) is 0 Å². The summed E-state index contributed by atoms with van der Waals surface area (Å²) in [6.45, 7) is 2.30. The van der Waals surface area contributed by atoms with E-state index < -0.39 is 0 Å². The van der Waals surface area contributed by atoms with E-state index in [-0.39, 0.29) is 0 Å². The van der Waals surface area contributed by atoms with Gasteiger partial charge in [-0.3, -0.25) is 0 Å². The summed E-state index contributed by atoms with van der Waals surface area (Å²) in [7, 11) is 3.91. The third-order valence-electron chi connectivity index (χ3n) is 1.68. The molecule has 1 atom stereocenters. The van der Waals surface area contributed by atoms with Gasteiger partial charge in [0.2, 0.25) is 0 Å². The van der Waals surface area contributed by atoms with Gasteiger partial charge in [-0.15, -0.1) is 0 Å². The summed E-state index contributed by atoms with van der Waals surface area (Å²) in [5.41, 5.74) is 0. The van der Waals surface area contributed by atoms with Crippen molar-refractivity contribution in [2.24, 2.45) is 0 Å². The minimum absolute atomic E-state index is 0.500. The molecule has 1 saturated heterocycles. The van der Waals surface area contributed by atoms with Crippen molar-refractivity contribution in [2.45, 2.75) is 12.5 Å². The number of hydrogen-bond donors (Lipinski definition) is 0. The number of ether oxygens (including phenoxy) is 1. The molecule has 8 heavy (non-hydrogen) atoms. The Bertz CT molecular complexity index is 74.9. The lowest BCUT2D eigenvalue weighted by Gasteiger charge is -2.06.